The standard InChI is InChI=1S/C16H21N3O2S/c20-14(17-10-12-8-9-22-11-12)6-7-15-18-19-16(21-15)13-4-2-1-3-5-13/h8-9,11,13H,1-7,10H2,(H,17,20). The van der Waals surface area contributed by atoms with Gasteiger partial charge in [0.05, 0.1) is 0 Å². The number of carbonyl (C=O) groups excluding carboxylic acids is 1. The van der Waals surface area contributed by atoms with E-state index >= 15 is 0 Å². The van der Waals surface area contributed by atoms with E-state index in [2.05, 4.69) is 15.5 Å². The Kier molecular flexibility index (Phi) is 5.21. The Hall–Kier alpha value is -1.69. The van der Waals surface area contributed by atoms with Crippen LogP contribution in [0.1, 0.15) is 61.8 Å². The second-order valence-electron chi connectivity index (χ2n) is 5.78. The van der Waals surface area contributed by atoms with E-state index in [4.69, 9.17) is 4.42 Å². The predicted octanol–water partition coefficient (Wildman–Crippen LogP) is 3.43. The summed E-state index contributed by atoms with van der Waals surface area (Å²) in [6, 6.07) is 2.01. The van der Waals surface area contributed by atoms with Crippen LogP contribution in [0.4, 0.5) is 0 Å². The SMILES string of the molecule is O=C(CCc1nnc(C2CCCCC2)o1)NCc1ccsc1. The maximum Gasteiger partial charge on any atom is 0.220 e. The van der Waals surface area contributed by atoms with Crippen LogP contribution in [-0.4, -0.2) is 16.1 Å². The fourth-order valence-corrected chi connectivity index (χ4v) is 3.45. The van der Waals surface area contributed by atoms with E-state index in [-0.39, 0.29) is 5.91 Å². The molecule has 6 heteroatoms. The molecule has 0 aromatic carbocycles. The molecule has 1 aliphatic rings. The largest absolute Gasteiger partial charge is 0.425 e. The lowest BCUT2D eigenvalue weighted by molar-refractivity contribution is -0.121. The van der Waals surface area contributed by atoms with Crippen LogP contribution in [0, 0.1) is 0 Å². The molecule has 2 aromatic heterocycles. The van der Waals surface area contributed by atoms with E-state index < -0.39 is 0 Å². The van der Waals surface area contributed by atoms with Crippen LogP contribution in [0.3, 0.4) is 0 Å². The fraction of sp³-hybridized carbons (Fsp3) is 0.562. The van der Waals surface area contributed by atoms with Crippen LogP contribution in [0.5, 0.6) is 0 Å². The van der Waals surface area contributed by atoms with Gasteiger partial charge in [0, 0.05) is 25.3 Å². The van der Waals surface area contributed by atoms with Crippen LogP contribution in [0.15, 0.2) is 21.2 Å². The smallest absolute Gasteiger partial charge is 0.220 e. The lowest BCUT2D eigenvalue weighted by atomic mass is 9.89. The van der Waals surface area contributed by atoms with Gasteiger partial charge in [-0.1, -0.05) is 19.3 Å². The van der Waals surface area contributed by atoms with Crippen LogP contribution in [0.2, 0.25) is 0 Å². The Balaban J connectivity index is 1.43. The Labute approximate surface area is 134 Å². The molecule has 5 nitrogen and oxygen atoms in total. The molecule has 0 bridgehead atoms. The minimum Gasteiger partial charge on any atom is -0.425 e. The number of hydrogen-bond acceptors (Lipinski definition) is 5. The zero-order chi connectivity index (χ0) is 15.2. The molecule has 0 atom stereocenters. The van der Waals surface area contributed by atoms with Gasteiger partial charge < -0.3 is 9.73 Å². The van der Waals surface area contributed by atoms with Crippen molar-refractivity contribution in [1.82, 2.24) is 15.5 Å². The van der Waals surface area contributed by atoms with Crippen molar-refractivity contribution in [1.29, 1.82) is 0 Å². The Morgan fingerprint density at radius 2 is 2.18 bits per heavy atom. The quantitative estimate of drug-likeness (QED) is 0.885. The first-order chi connectivity index (χ1) is 10.8. The van der Waals surface area contributed by atoms with Crippen molar-refractivity contribution in [2.24, 2.45) is 0 Å². The van der Waals surface area contributed by atoms with Gasteiger partial charge in [-0.25, -0.2) is 0 Å². The van der Waals surface area contributed by atoms with Gasteiger partial charge in [-0.15, -0.1) is 10.2 Å². The number of nitrogens with zero attached hydrogens (tertiary/aromatic N) is 2. The van der Waals surface area contributed by atoms with E-state index in [1.54, 1.807) is 11.3 Å². The number of carbonyl (C=O) groups is 1. The van der Waals surface area contributed by atoms with Crippen LogP contribution < -0.4 is 5.32 Å². The third-order valence-electron chi connectivity index (χ3n) is 4.07. The molecule has 2 aromatic rings. The normalized spacial score (nSPS) is 15.8. The fourth-order valence-electron chi connectivity index (χ4n) is 2.78. The highest BCUT2D eigenvalue weighted by atomic mass is 32.1. The van der Waals surface area contributed by atoms with E-state index in [0.29, 0.717) is 31.2 Å². The summed E-state index contributed by atoms with van der Waals surface area (Å²) in [5, 5.41) is 15.2. The van der Waals surface area contributed by atoms with Gasteiger partial charge in [0.25, 0.3) is 0 Å². The maximum absolute atomic E-state index is 11.8. The number of amides is 1. The molecule has 0 spiro atoms. The summed E-state index contributed by atoms with van der Waals surface area (Å²) in [4.78, 5) is 11.8. The van der Waals surface area contributed by atoms with E-state index in [9.17, 15) is 4.79 Å². The highest BCUT2D eigenvalue weighted by Gasteiger charge is 2.21. The van der Waals surface area contributed by atoms with E-state index in [1.807, 2.05) is 16.8 Å². The molecule has 1 aliphatic carbocycles. The molecule has 0 aliphatic heterocycles. The van der Waals surface area contributed by atoms with Crippen molar-refractivity contribution >= 4 is 17.2 Å². The third kappa shape index (κ3) is 4.16. The number of aromatic nitrogens is 2. The molecule has 0 unspecified atom stereocenters. The summed E-state index contributed by atoms with van der Waals surface area (Å²) in [5.74, 6) is 1.77. The predicted molar refractivity (Wildman–Crippen MR) is 84.6 cm³/mol. The lowest BCUT2D eigenvalue weighted by Crippen LogP contribution is -2.22. The van der Waals surface area contributed by atoms with Gasteiger partial charge in [0.2, 0.25) is 17.7 Å². The van der Waals surface area contributed by atoms with Gasteiger partial charge in [0.15, 0.2) is 0 Å². The third-order valence-corrected chi connectivity index (χ3v) is 4.80. The number of nitrogens with one attached hydrogen (secondary N) is 1. The molecule has 3 rings (SSSR count). The van der Waals surface area contributed by atoms with Crippen molar-refractivity contribution in [2.45, 2.75) is 57.4 Å². The maximum atomic E-state index is 11.8. The molecule has 0 saturated heterocycles. The molecule has 22 heavy (non-hydrogen) atoms. The van der Waals surface area contributed by atoms with Crippen LogP contribution in [-0.2, 0) is 17.8 Å². The van der Waals surface area contributed by atoms with Gasteiger partial charge in [-0.05, 0) is 35.2 Å². The summed E-state index contributed by atoms with van der Waals surface area (Å²) in [5.41, 5.74) is 1.13. The Morgan fingerprint density at radius 1 is 1.32 bits per heavy atom. The molecule has 2 heterocycles. The average molecular weight is 319 g/mol. The number of thiophene rings is 1. The second-order valence-corrected chi connectivity index (χ2v) is 6.56. The molecule has 1 amide bonds. The first kappa shape index (κ1) is 15.2. The first-order valence-electron chi connectivity index (χ1n) is 7.91. The first-order valence-corrected chi connectivity index (χ1v) is 8.85. The van der Waals surface area contributed by atoms with Crippen molar-refractivity contribution in [3.63, 3.8) is 0 Å². The Morgan fingerprint density at radius 3 is 2.95 bits per heavy atom. The molecule has 118 valence electrons. The van der Waals surface area contributed by atoms with Crippen molar-refractivity contribution in [3.05, 3.63) is 34.2 Å². The molecule has 1 N–H and O–H groups in total. The molecular formula is C16H21N3O2S. The van der Waals surface area contributed by atoms with Crippen molar-refractivity contribution in [3.8, 4) is 0 Å². The molecular weight excluding hydrogens is 298 g/mol. The van der Waals surface area contributed by atoms with Crippen LogP contribution >= 0.6 is 11.3 Å². The highest BCUT2D eigenvalue weighted by Crippen LogP contribution is 2.31. The highest BCUT2D eigenvalue weighted by molar-refractivity contribution is 7.07. The summed E-state index contributed by atoms with van der Waals surface area (Å²) < 4.78 is 5.72. The minimum absolute atomic E-state index is 0.0172. The van der Waals surface area contributed by atoms with Gasteiger partial charge in [-0.2, -0.15) is 11.3 Å². The number of rotatable bonds is 6. The lowest BCUT2D eigenvalue weighted by Gasteiger charge is -2.17. The second kappa shape index (κ2) is 7.54. The molecule has 0 radical (unpaired) electrons. The average Bonchev–Trinajstić information content (AvgIpc) is 3.23. The molecule has 1 saturated carbocycles. The summed E-state index contributed by atoms with van der Waals surface area (Å²) in [6.07, 6.45) is 6.97. The summed E-state index contributed by atoms with van der Waals surface area (Å²) >= 11 is 1.63. The van der Waals surface area contributed by atoms with Crippen molar-refractivity contribution in [2.75, 3.05) is 0 Å². The topological polar surface area (TPSA) is 68.0 Å². The Bertz CT molecular complexity index is 588. The van der Waals surface area contributed by atoms with Crippen molar-refractivity contribution < 1.29 is 9.21 Å². The van der Waals surface area contributed by atoms with Gasteiger partial charge in [0.1, 0.15) is 0 Å². The number of aryl methyl sites for hydroxylation is 1. The van der Waals surface area contributed by atoms with Crippen LogP contribution in [0.25, 0.3) is 0 Å². The zero-order valence-electron chi connectivity index (χ0n) is 12.6. The zero-order valence-corrected chi connectivity index (χ0v) is 13.4. The van der Waals surface area contributed by atoms with Gasteiger partial charge >= 0.3 is 0 Å². The summed E-state index contributed by atoms with van der Waals surface area (Å²) in [7, 11) is 0. The summed E-state index contributed by atoms with van der Waals surface area (Å²) in [6.45, 7) is 0.583. The van der Waals surface area contributed by atoms with Gasteiger partial charge in [-0.3, -0.25) is 4.79 Å². The number of hydrogen-bond donors (Lipinski definition) is 1. The minimum atomic E-state index is 0.0172. The van der Waals surface area contributed by atoms with E-state index in [1.165, 1.54) is 19.3 Å². The van der Waals surface area contributed by atoms with E-state index in [0.717, 1.165) is 24.3 Å². The monoisotopic (exact) mass is 319 g/mol. The molecule has 1 fully saturated rings.